The Morgan fingerprint density at radius 1 is 1.17 bits per heavy atom. The molecule has 2 aromatic carbocycles. The van der Waals surface area contributed by atoms with E-state index >= 15 is 0 Å². The third-order valence-electron chi connectivity index (χ3n) is 4.68. The number of nitro groups is 1. The van der Waals surface area contributed by atoms with Gasteiger partial charge in [0.25, 0.3) is 11.6 Å². The van der Waals surface area contributed by atoms with Gasteiger partial charge < -0.3 is 14.2 Å². The van der Waals surface area contributed by atoms with Gasteiger partial charge in [-0.05, 0) is 18.9 Å². The molecule has 1 aliphatic heterocycles. The molecule has 148 valence electrons. The molecule has 3 aromatic rings. The van der Waals surface area contributed by atoms with Crippen LogP contribution in [0.5, 0.6) is 0 Å². The first-order chi connectivity index (χ1) is 14.1. The van der Waals surface area contributed by atoms with Gasteiger partial charge in [0.1, 0.15) is 0 Å². The number of non-ortho nitro benzene ring substituents is 1. The molecule has 1 saturated heterocycles. The minimum atomic E-state index is -0.671. The molecular formula is C20H18N4O5. The maximum absolute atomic E-state index is 12.7. The highest BCUT2D eigenvalue weighted by Gasteiger charge is 2.24. The molecule has 4 rings (SSSR count). The molecule has 0 spiro atoms. The number of aromatic nitrogens is 2. The molecular weight excluding hydrogens is 376 g/mol. The predicted octanol–water partition coefficient (Wildman–Crippen LogP) is 3.60. The van der Waals surface area contributed by atoms with Crippen molar-refractivity contribution in [2.24, 2.45) is 0 Å². The van der Waals surface area contributed by atoms with E-state index in [1.165, 1.54) is 12.1 Å². The van der Waals surface area contributed by atoms with Gasteiger partial charge in [-0.1, -0.05) is 35.5 Å². The van der Waals surface area contributed by atoms with Crippen LogP contribution in [0.15, 0.2) is 53.1 Å². The van der Waals surface area contributed by atoms with Gasteiger partial charge in [0, 0.05) is 30.8 Å². The van der Waals surface area contributed by atoms with E-state index in [4.69, 9.17) is 9.26 Å². The highest BCUT2D eigenvalue weighted by molar-refractivity contribution is 5.96. The van der Waals surface area contributed by atoms with E-state index in [0.29, 0.717) is 11.5 Å². The van der Waals surface area contributed by atoms with Gasteiger partial charge in [0.15, 0.2) is 6.61 Å². The molecule has 9 nitrogen and oxygen atoms in total. The molecule has 0 aliphatic carbocycles. The van der Waals surface area contributed by atoms with Gasteiger partial charge >= 0.3 is 5.97 Å². The third kappa shape index (κ3) is 4.08. The molecule has 0 bridgehead atoms. The number of benzene rings is 2. The molecule has 0 amide bonds. The number of ether oxygens (including phenoxy) is 1. The zero-order chi connectivity index (χ0) is 20.2. The molecule has 0 saturated carbocycles. The van der Waals surface area contributed by atoms with E-state index in [2.05, 4.69) is 10.1 Å². The Bertz CT molecular complexity index is 1030. The summed E-state index contributed by atoms with van der Waals surface area (Å²) in [4.78, 5) is 29.5. The molecule has 0 unspecified atom stereocenters. The Kier molecular flexibility index (Phi) is 5.19. The van der Waals surface area contributed by atoms with E-state index in [1.807, 2.05) is 35.2 Å². The second kappa shape index (κ2) is 8.09. The van der Waals surface area contributed by atoms with E-state index in [-0.39, 0.29) is 23.7 Å². The fourth-order valence-electron chi connectivity index (χ4n) is 3.26. The Labute approximate surface area is 166 Å². The maximum atomic E-state index is 12.7. The van der Waals surface area contributed by atoms with Crippen molar-refractivity contribution in [1.29, 1.82) is 0 Å². The first-order valence-corrected chi connectivity index (χ1v) is 9.20. The van der Waals surface area contributed by atoms with E-state index in [1.54, 1.807) is 6.07 Å². The number of rotatable bonds is 6. The number of hydrogen-bond acceptors (Lipinski definition) is 8. The second-order valence-electron chi connectivity index (χ2n) is 6.61. The first-order valence-electron chi connectivity index (χ1n) is 9.20. The summed E-state index contributed by atoms with van der Waals surface area (Å²) in [7, 11) is 0. The van der Waals surface area contributed by atoms with Crippen LogP contribution >= 0.6 is 0 Å². The summed E-state index contributed by atoms with van der Waals surface area (Å²) in [5.41, 5.74) is 1.41. The summed E-state index contributed by atoms with van der Waals surface area (Å²) in [5.74, 6) is -0.134. The second-order valence-corrected chi connectivity index (χ2v) is 6.61. The van der Waals surface area contributed by atoms with Crippen LogP contribution in [0.25, 0.3) is 11.4 Å². The van der Waals surface area contributed by atoms with Crippen molar-refractivity contribution in [2.75, 3.05) is 18.0 Å². The van der Waals surface area contributed by atoms with Crippen LogP contribution in [-0.2, 0) is 11.3 Å². The average Bonchev–Trinajstić information content (AvgIpc) is 3.44. The maximum Gasteiger partial charge on any atom is 0.341 e. The fraction of sp³-hybridized carbons (Fsp3) is 0.250. The molecule has 1 aromatic heterocycles. The number of esters is 1. The minimum absolute atomic E-state index is 0.144. The van der Waals surface area contributed by atoms with Crippen molar-refractivity contribution in [3.05, 3.63) is 70.1 Å². The summed E-state index contributed by atoms with van der Waals surface area (Å²) in [6, 6.07) is 13.5. The van der Waals surface area contributed by atoms with Crippen molar-refractivity contribution in [2.45, 2.75) is 19.4 Å². The van der Waals surface area contributed by atoms with Crippen molar-refractivity contribution in [3.63, 3.8) is 0 Å². The van der Waals surface area contributed by atoms with Crippen LogP contribution in [0, 0.1) is 10.1 Å². The monoisotopic (exact) mass is 394 g/mol. The highest BCUT2D eigenvalue weighted by Crippen LogP contribution is 2.29. The van der Waals surface area contributed by atoms with Crippen LogP contribution in [0.2, 0.25) is 0 Å². The largest absolute Gasteiger partial charge is 0.452 e. The Morgan fingerprint density at radius 3 is 2.66 bits per heavy atom. The number of carbonyl (C=O) groups excluding carboxylic acids is 1. The smallest absolute Gasteiger partial charge is 0.341 e. The summed E-state index contributed by atoms with van der Waals surface area (Å²) >= 11 is 0. The normalized spacial score (nSPS) is 13.4. The SMILES string of the molecule is O=C(OCc1nc(-c2ccccc2)no1)c1cc([N+](=O)[O-])ccc1N1CCCC1. The molecule has 1 fully saturated rings. The van der Waals surface area contributed by atoms with Crippen LogP contribution in [0.4, 0.5) is 11.4 Å². The summed E-state index contributed by atoms with van der Waals surface area (Å²) < 4.78 is 10.5. The number of carbonyl (C=O) groups is 1. The Balaban J connectivity index is 1.51. The lowest BCUT2D eigenvalue weighted by Gasteiger charge is -2.20. The molecule has 0 atom stereocenters. The van der Waals surface area contributed by atoms with Crippen molar-refractivity contribution >= 4 is 17.3 Å². The van der Waals surface area contributed by atoms with Crippen molar-refractivity contribution < 1.29 is 19.0 Å². The Morgan fingerprint density at radius 2 is 1.93 bits per heavy atom. The number of hydrogen-bond donors (Lipinski definition) is 0. The van der Waals surface area contributed by atoms with Gasteiger partial charge in [-0.3, -0.25) is 10.1 Å². The van der Waals surface area contributed by atoms with Gasteiger partial charge in [-0.25, -0.2) is 4.79 Å². The van der Waals surface area contributed by atoms with E-state index in [9.17, 15) is 14.9 Å². The standard InChI is InChI=1S/C20H18N4O5/c25-20(28-13-18-21-19(22-29-18)14-6-2-1-3-7-14)16-12-15(24(26)27)8-9-17(16)23-10-4-5-11-23/h1-3,6-9,12H,4-5,10-11,13H2. The number of nitro benzene ring substituents is 1. The molecule has 0 radical (unpaired) electrons. The molecule has 1 aliphatic rings. The summed E-state index contributed by atoms with van der Waals surface area (Å²) in [6.07, 6.45) is 2.02. The number of nitrogens with zero attached hydrogens (tertiary/aromatic N) is 4. The van der Waals surface area contributed by atoms with Crippen molar-refractivity contribution in [1.82, 2.24) is 10.1 Å². The summed E-state index contributed by atoms with van der Waals surface area (Å²) in [6.45, 7) is 1.37. The average molecular weight is 394 g/mol. The van der Waals surface area contributed by atoms with Crippen LogP contribution < -0.4 is 4.90 Å². The van der Waals surface area contributed by atoms with Gasteiger partial charge in [-0.2, -0.15) is 4.98 Å². The molecule has 29 heavy (non-hydrogen) atoms. The van der Waals surface area contributed by atoms with E-state index in [0.717, 1.165) is 31.5 Å². The van der Waals surface area contributed by atoms with Crippen molar-refractivity contribution in [3.8, 4) is 11.4 Å². The topological polar surface area (TPSA) is 112 Å². The zero-order valence-electron chi connectivity index (χ0n) is 15.5. The quantitative estimate of drug-likeness (QED) is 0.354. The minimum Gasteiger partial charge on any atom is -0.452 e. The molecule has 2 heterocycles. The Hall–Kier alpha value is -3.75. The van der Waals surface area contributed by atoms with E-state index < -0.39 is 10.9 Å². The third-order valence-corrected chi connectivity index (χ3v) is 4.68. The lowest BCUT2D eigenvalue weighted by Crippen LogP contribution is -2.21. The molecule has 0 N–H and O–H groups in total. The lowest BCUT2D eigenvalue weighted by atomic mass is 10.1. The van der Waals surface area contributed by atoms with Gasteiger partial charge in [-0.15, -0.1) is 0 Å². The zero-order valence-corrected chi connectivity index (χ0v) is 15.5. The van der Waals surface area contributed by atoms with Gasteiger partial charge in [0.2, 0.25) is 5.82 Å². The fourth-order valence-corrected chi connectivity index (χ4v) is 3.26. The highest BCUT2D eigenvalue weighted by atomic mass is 16.6. The number of anilines is 1. The van der Waals surface area contributed by atoms with Crippen LogP contribution in [-0.4, -0.2) is 34.1 Å². The first kappa shape index (κ1) is 18.6. The predicted molar refractivity (Wildman–Crippen MR) is 103 cm³/mol. The molecule has 9 heteroatoms. The van der Waals surface area contributed by atoms with Crippen LogP contribution in [0.1, 0.15) is 29.1 Å². The van der Waals surface area contributed by atoms with Gasteiger partial charge in [0.05, 0.1) is 16.2 Å². The van der Waals surface area contributed by atoms with Crippen LogP contribution in [0.3, 0.4) is 0 Å². The summed E-state index contributed by atoms with van der Waals surface area (Å²) in [5, 5.41) is 15.0. The lowest BCUT2D eigenvalue weighted by molar-refractivity contribution is -0.384.